The summed E-state index contributed by atoms with van der Waals surface area (Å²) in [5.74, 6) is -0.145. The van der Waals surface area contributed by atoms with Gasteiger partial charge in [0.15, 0.2) is 0 Å². The van der Waals surface area contributed by atoms with Gasteiger partial charge in [-0.1, -0.05) is 13.8 Å². The van der Waals surface area contributed by atoms with Crippen LogP contribution in [0.5, 0.6) is 0 Å². The molecule has 0 radical (unpaired) electrons. The summed E-state index contributed by atoms with van der Waals surface area (Å²) in [4.78, 5) is 11.7. The third-order valence-corrected chi connectivity index (χ3v) is 3.47. The maximum absolute atomic E-state index is 11.7. The molecule has 7 heteroatoms. The number of nitrogens with two attached hydrogens (primary N) is 1. The second-order valence-corrected chi connectivity index (χ2v) is 6.22. The van der Waals surface area contributed by atoms with Crippen LogP contribution in [-0.2, 0) is 18.8 Å². The molecule has 2 N–H and O–H groups in total. The number of carbonyl (C=O) groups excluding carboxylic acids is 1. The van der Waals surface area contributed by atoms with Crippen LogP contribution in [0.3, 0.4) is 0 Å². The van der Waals surface area contributed by atoms with E-state index in [2.05, 4.69) is 0 Å². The van der Waals surface area contributed by atoms with Crippen molar-refractivity contribution in [1.29, 1.82) is 0 Å². The number of halogens is 1. The van der Waals surface area contributed by atoms with Gasteiger partial charge in [0.05, 0.1) is 11.2 Å². The lowest BCUT2D eigenvalue weighted by molar-refractivity contribution is -0.139. The molecule has 112 valence electrons. The van der Waals surface area contributed by atoms with E-state index in [1.54, 1.807) is 0 Å². The fraction of sp³-hybridized carbons (Fsp3) is 0.917. The van der Waals surface area contributed by atoms with Gasteiger partial charge in [0.25, 0.3) is 0 Å². The lowest BCUT2D eigenvalue weighted by atomic mass is 9.90. The third-order valence-electron chi connectivity index (χ3n) is 3.47. The van der Waals surface area contributed by atoms with Crippen molar-refractivity contribution in [3.05, 3.63) is 0 Å². The van der Waals surface area contributed by atoms with Crippen molar-refractivity contribution in [2.45, 2.75) is 65.2 Å². The average molecular weight is 294 g/mol. The van der Waals surface area contributed by atoms with Crippen molar-refractivity contribution < 1.29 is 18.8 Å². The molecule has 1 aliphatic rings. The summed E-state index contributed by atoms with van der Waals surface area (Å²) in [6, 6.07) is -0.635. The molecule has 19 heavy (non-hydrogen) atoms. The van der Waals surface area contributed by atoms with Gasteiger partial charge in [-0.05, 0) is 40.0 Å². The van der Waals surface area contributed by atoms with Crippen LogP contribution in [0.25, 0.3) is 0 Å². The second kappa shape index (κ2) is 6.44. The molecule has 1 rings (SSSR count). The highest BCUT2D eigenvalue weighted by atomic mass is 35.5. The predicted octanol–water partition coefficient (Wildman–Crippen LogP) is 1.91. The number of carbonyl (C=O) groups is 1. The van der Waals surface area contributed by atoms with E-state index in [9.17, 15) is 4.79 Å². The quantitative estimate of drug-likeness (QED) is 0.802. The lowest BCUT2D eigenvalue weighted by Gasteiger charge is -2.31. The normalized spacial score (nSPS) is 22.0. The average Bonchev–Trinajstić information content (AvgIpc) is 2.33. The van der Waals surface area contributed by atoms with Crippen LogP contribution in [0.2, 0.25) is 0 Å². The maximum Gasteiger partial charge on any atom is 0.716 e. The van der Waals surface area contributed by atoms with Crippen molar-refractivity contribution in [3.8, 4) is 0 Å². The standard InChI is InChI=1S/C12H24BNO4.ClH/c1-8(2)7-9(14)10(15)16-13-17-11(3,4)12(5,6)18-13;/h8-9H,7,14H2,1-6H3;1H/t9-;/m0./s1. The van der Waals surface area contributed by atoms with Gasteiger partial charge in [-0.2, -0.15) is 0 Å². The first-order valence-electron chi connectivity index (χ1n) is 6.37. The van der Waals surface area contributed by atoms with Crippen molar-refractivity contribution >= 4 is 25.7 Å². The van der Waals surface area contributed by atoms with Gasteiger partial charge in [0.1, 0.15) is 6.04 Å². The summed E-state index contributed by atoms with van der Waals surface area (Å²) < 4.78 is 16.3. The third kappa shape index (κ3) is 4.63. The van der Waals surface area contributed by atoms with Crippen molar-refractivity contribution in [2.75, 3.05) is 0 Å². The topological polar surface area (TPSA) is 70.8 Å². The lowest BCUT2D eigenvalue weighted by Crippen LogP contribution is -2.41. The minimum Gasteiger partial charge on any atom is -0.484 e. The SMILES string of the molecule is CC(C)C[C@H](N)C(=O)OB1OC(C)(C)C(C)(C)O1.Cl. The summed E-state index contributed by atoms with van der Waals surface area (Å²) in [6.45, 7) is 11.6. The molecule has 1 aliphatic heterocycles. The minimum atomic E-state index is -0.972. The molecule has 1 fully saturated rings. The zero-order valence-electron chi connectivity index (χ0n) is 12.6. The smallest absolute Gasteiger partial charge is 0.484 e. The Morgan fingerprint density at radius 1 is 1.21 bits per heavy atom. The molecule has 5 nitrogen and oxygen atoms in total. The molecule has 0 saturated carbocycles. The summed E-state index contributed by atoms with van der Waals surface area (Å²) in [7, 11) is -0.972. The second-order valence-electron chi connectivity index (χ2n) is 6.22. The monoisotopic (exact) mass is 293 g/mol. The first kappa shape index (κ1) is 18.7. The van der Waals surface area contributed by atoms with Crippen LogP contribution in [0.4, 0.5) is 0 Å². The predicted molar refractivity (Wildman–Crippen MR) is 76.9 cm³/mol. The summed E-state index contributed by atoms with van der Waals surface area (Å²) in [5.41, 5.74) is 4.72. The van der Waals surface area contributed by atoms with Crippen LogP contribution < -0.4 is 5.73 Å². The number of hydrogen-bond donors (Lipinski definition) is 1. The summed E-state index contributed by atoms with van der Waals surface area (Å²) in [6.07, 6.45) is 0.582. The summed E-state index contributed by atoms with van der Waals surface area (Å²) >= 11 is 0. The largest absolute Gasteiger partial charge is 0.716 e. The van der Waals surface area contributed by atoms with E-state index in [-0.39, 0.29) is 12.4 Å². The molecule has 0 aromatic carbocycles. The highest BCUT2D eigenvalue weighted by Crippen LogP contribution is 2.36. The fourth-order valence-electron chi connectivity index (χ4n) is 1.62. The minimum absolute atomic E-state index is 0. The van der Waals surface area contributed by atoms with E-state index in [1.165, 1.54) is 0 Å². The molecule has 1 atom stereocenters. The van der Waals surface area contributed by atoms with E-state index >= 15 is 0 Å². The molecule has 0 spiro atoms. The molecular weight excluding hydrogens is 268 g/mol. The molecule has 0 unspecified atom stereocenters. The van der Waals surface area contributed by atoms with Gasteiger partial charge in [0, 0.05) is 0 Å². The zero-order chi connectivity index (χ0) is 14.1. The van der Waals surface area contributed by atoms with Gasteiger partial charge >= 0.3 is 13.3 Å². The van der Waals surface area contributed by atoms with Gasteiger partial charge in [0.2, 0.25) is 0 Å². The Balaban J connectivity index is 0.00000324. The van der Waals surface area contributed by atoms with Crippen molar-refractivity contribution in [3.63, 3.8) is 0 Å². The van der Waals surface area contributed by atoms with E-state index in [4.69, 9.17) is 19.7 Å². The zero-order valence-corrected chi connectivity index (χ0v) is 13.4. The van der Waals surface area contributed by atoms with Gasteiger partial charge in [-0.15, -0.1) is 12.4 Å². The van der Waals surface area contributed by atoms with E-state index in [0.717, 1.165) is 0 Å². The van der Waals surface area contributed by atoms with E-state index < -0.39 is 30.5 Å². The van der Waals surface area contributed by atoms with Crippen molar-refractivity contribution in [1.82, 2.24) is 0 Å². The van der Waals surface area contributed by atoms with Crippen LogP contribution >= 0.6 is 12.4 Å². The molecule has 0 aromatic heterocycles. The Bertz CT molecular complexity index is 307. The highest BCUT2D eigenvalue weighted by molar-refractivity contribution is 6.40. The molecule has 1 heterocycles. The molecular formula is C12H25BClNO4. The summed E-state index contributed by atoms with van der Waals surface area (Å²) in [5, 5.41) is 0. The Labute approximate surface area is 122 Å². The van der Waals surface area contributed by atoms with Gasteiger partial charge in [-0.25, -0.2) is 0 Å². The molecule has 0 bridgehead atoms. The maximum atomic E-state index is 11.7. The Morgan fingerprint density at radius 3 is 2.00 bits per heavy atom. The van der Waals surface area contributed by atoms with Crippen LogP contribution in [0.15, 0.2) is 0 Å². The number of rotatable bonds is 4. The fourth-order valence-corrected chi connectivity index (χ4v) is 1.62. The van der Waals surface area contributed by atoms with Crippen LogP contribution in [0.1, 0.15) is 48.0 Å². The first-order chi connectivity index (χ1) is 8.05. The van der Waals surface area contributed by atoms with Crippen LogP contribution in [0, 0.1) is 5.92 Å². The Hall–Kier alpha value is -0.295. The molecule has 0 aliphatic carbocycles. The van der Waals surface area contributed by atoms with E-state index in [1.807, 2.05) is 41.5 Å². The molecule has 0 aromatic rings. The van der Waals surface area contributed by atoms with Gasteiger partial charge < -0.3 is 19.7 Å². The van der Waals surface area contributed by atoms with Crippen LogP contribution in [-0.4, -0.2) is 30.5 Å². The first-order valence-corrected chi connectivity index (χ1v) is 6.37. The Morgan fingerprint density at radius 2 is 1.63 bits per heavy atom. The molecule has 1 saturated heterocycles. The van der Waals surface area contributed by atoms with E-state index in [0.29, 0.717) is 12.3 Å². The number of hydrogen-bond acceptors (Lipinski definition) is 5. The van der Waals surface area contributed by atoms with Gasteiger partial charge in [-0.3, -0.25) is 4.79 Å². The molecule has 0 amide bonds. The Kier molecular flexibility index (Phi) is 6.34. The highest BCUT2D eigenvalue weighted by Gasteiger charge is 2.55. The van der Waals surface area contributed by atoms with Crippen molar-refractivity contribution in [2.24, 2.45) is 11.7 Å².